The van der Waals surface area contributed by atoms with E-state index >= 15 is 0 Å². The zero-order chi connectivity index (χ0) is 15.9. The number of aryl methyl sites for hydroxylation is 1. The normalized spacial score (nSPS) is 17.9. The number of benzene rings is 1. The molecule has 1 aromatic carbocycles. The highest BCUT2D eigenvalue weighted by molar-refractivity contribution is 6.32. The summed E-state index contributed by atoms with van der Waals surface area (Å²) < 4.78 is 5.64. The number of β-amino-alcohol motifs (C(OH)–C–C–N with tert-alkyl or cyclic N) is 1. The molecule has 0 saturated carbocycles. The Morgan fingerprint density at radius 3 is 2.68 bits per heavy atom. The minimum atomic E-state index is -0.532. The predicted octanol–water partition coefficient (Wildman–Crippen LogP) is 1.64. The summed E-state index contributed by atoms with van der Waals surface area (Å²) in [6, 6.07) is 5.62. The summed E-state index contributed by atoms with van der Waals surface area (Å²) in [4.78, 5) is 4.48. The van der Waals surface area contributed by atoms with Crippen LogP contribution < -0.4 is 4.74 Å². The largest absolute Gasteiger partial charge is 0.489 e. The first-order valence-corrected chi connectivity index (χ1v) is 7.91. The van der Waals surface area contributed by atoms with Crippen molar-refractivity contribution in [2.45, 2.75) is 13.0 Å². The van der Waals surface area contributed by atoms with E-state index in [0.717, 1.165) is 31.7 Å². The lowest BCUT2D eigenvalue weighted by molar-refractivity contribution is 0.0485. The molecule has 1 aromatic rings. The van der Waals surface area contributed by atoms with Gasteiger partial charge in [0.25, 0.3) is 0 Å². The van der Waals surface area contributed by atoms with Gasteiger partial charge in [-0.1, -0.05) is 23.6 Å². The number of nitrogens with zero attached hydrogens (tertiary/aromatic N) is 2. The van der Waals surface area contributed by atoms with E-state index < -0.39 is 6.10 Å². The molecule has 22 heavy (non-hydrogen) atoms. The van der Waals surface area contributed by atoms with Gasteiger partial charge in [-0.3, -0.25) is 9.80 Å². The van der Waals surface area contributed by atoms with Crippen LogP contribution in [0.2, 0.25) is 5.02 Å². The first-order valence-electron chi connectivity index (χ1n) is 7.53. The van der Waals surface area contributed by atoms with Crippen LogP contribution >= 0.6 is 11.6 Å². The number of hydrogen-bond acceptors (Lipinski definition) is 4. The highest BCUT2D eigenvalue weighted by Gasteiger charge is 2.19. The Balaban J connectivity index is 1.73. The average molecular weight is 323 g/mol. The summed E-state index contributed by atoms with van der Waals surface area (Å²) >= 11 is 6.08. The molecule has 1 atom stereocenters. The number of hydrogen-bond donors (Lipinski definition) is 1. The molecule has 120 valence electrons. The smallest absolute Gasteiger partial charge is 0.138 e. The standard InChI is InChI=1S/C17H23ClN2O2/c1-3-6-19-7-9-20(10-8-19)12-15(21)13-22-17-11-14(2)4-5-16(17)18/h1,4-5,11,15,21H,6-10,12-13H2,2H3/t15-/m0/s1. The Morgan fingerprint density at radius 2 is 2.00 bits per heavy atom. The second-order valence-electron chi connectivity index (χ2n) is 5.68. The molecule has 2 rings (SSSR count). The Morgan fingerprint density at radius 1 is 1.32 bits per heavy atom. The Bertz CT molecular complexity index is 522. The molecule has 0 radical (unpaired) electrons. The predicted molar refractivity (Wildman–Crippen MR) is 89.4 cm³/mol. The molecule has 0 unspecified atom stereocenters. The number of rotatable bonds is 6. The van der Waals surface area contributed by atoms with Gasteiger partial charge in [0.1, 0.15) is 18.5 Å². The van der Waals surface area contributed by atoms with E-state index in [4.69, 9.17) is 22.8 Å². The fraction of sp³-hybridized carbons (Fsp3) is 0.529. The molecule has 0 spiro atoms. The van der Waals surface area contributed by atoms with Crippen molar-refractivity contribution in [1.82, 2.24) is 9.80 Å². The van der Waals surface area contributed by atoms with Crippen molar-refractivity contribution in [2.24, 2.45) is 0 Å². The quantitative estimate of drug-likeness (QED) is 0.808. The van der Waals surface area contributed by atoms with Gasteiger partial charge in [-0.2, -0.15) is 0 Å². The zero-order valence-corrected chi connectivity index (χ0v) is 13.7. The van der Waals surface area contributed by atoms with Gasteiger partial charge in [-0.05, 0) is 24.6 Å². The number of piperazine rings is 1. The van der Waals surface area contributed by atoms with Gasteiger partial charge in [0, 0.05) is 32.7 Å². The first kappa shape index (κ1) is 17.1. The van der Waals surface area contributed by atoms with Gasteiger partial charge in [-0.15, -0.1) is 6.42 Å². The second-order valence-corrected chi connectivity index (χ2v) is 6.09. The molecule has 1 N–H and O–H groups in total. The molecular weight excluding hydrogens is 300 g/mol. The van der Waals surface area contributed by atoms with Crippen LogP contribution in [0, 0.1) is 19.3 Å². The monoisotopic (exact) mass is 322 g/mol. The SMILES string of the molecule is C#CCN1CCN(C[C@H](O)COc2cc(C)ccc2Cl)CC1. The van der Waals surface area contributed by atoms with Crippen LogP contribution in [0.1, 0.15) is 5.56 Å². The van der Waals surface area contributed by atoms with E-state index in [1.54, 1.807) is 0 Å². The second kappa shape index (κ2) is 8.40. The summed E-state index contributed by atoms with van der Waals surface area (Å²) in [5, 5.41) is 10.7. The molecular formula is C17H23ClN2O2. The molecule has 1 fully saturated rings. The minimum absolute atomic E-state index is 0.244. The zero-order valence-electron chi connectivity index (χ0n) is 13.0. The van der Waals surface area contributed by atoms with Crippen LogP contribution in [0.5, 0.6) is 5.75 Å². The summed E-state index contributed by atoms with van der Waals surface area (Å²) in [6.45, 7) is 7.26. The van der Waals surface area contributed by atoms with E-state index in [1.807, 2.05) is 25.1 Å². The van der Waals surface area contributed by atoms with Crippen LogP contribution in [0.25, 0.3) is 0 Å². The van der Waals surface area contributed by atoms with Crippen molar-refractivity contribution in [3.8, 4) is 18.1 Å². The number of ether oxygens (including phenoxy) is 1. The molecule has 0 aromatic heterocycles. The van der Waals surface area contributed by atoms with Crippen LogP contribution in [0.3, 0.4) is 0 Å². The fourth-order valence-electron chi connectivity index (χ4n) is 2.52. The lowest BCUT2D eigenvalue weighted by atomic mass is 10.2. The third-order valence-electron chi connectivity index (χ3n) is 3.77. The third kappa shape index (κ3) is 5.19. The number of terminal acetylenes is 1. The lowest BCUT2D eigenvalue weighted by Gasteiger charge is -2.34. The van der Waals surface area contributed by atoms with Crippen LogP contribution in [-0.2, 0) is 0 Å². The Labute approximate surface area is 137 Å². The summed E-state index contributed by atoms with van der Waals surface area (Å²) in [5.41, 5.74) is 1.08. The molecule has 1 aliphatic rings. The van der Waals surface area contributed by atoms with Crippen molar-refractivity contribution in [2.75, 3.05) is 45.9 Å². The Kier molecular flexibility index (Phi) is 6.53. The lowest BCUT2D eigenvalue weighted by Crippen LogP contribution is -2.49. The van der Waals surface area contributed by atoms with Crippen molar-refractivity contribution in [1.29, 1.82) is 0 Å². The molecule has 1 saturated heterocycles. The van der Waals surface area contributed by atoms with Gasteiger partial charge < -0.3 is 9.84 Å². The van der Waals surface area contributed by atoms with E-state index in [0.29, 0.717) is 23.9 Å². The maximum absolute atomic E-state index is 10.1. The van der Waals surface area contributed by atoms with Crippen LogP contribution in [0.15, 0.2) is 18.2 Å². The molecule has 4 nitrogen and oxygen atoms in total. The van der Waals surface area contributed by atoms with Crippen LogP contribution in [0.4, 0.5) is 0 Å². The van der Waals surface area contributed by atoms with Crippen molar-refractivity contribution >= 4 is 11.6 Å². The molecule has 0 aliphatic carbocycles. The highest BCUT2D eigenvalue weighted by atomic mass is 35.5. The minimum Gasteiger partial charge on any atom is -0.489 e. The van der Waals surface area contributed by atoms with E-state index in [9.17, 15) is 5.11 Å². The molecule has 1 heterocycles. The topological polar surface area (TPSA) is 35.9 Å². The van der Waals surface area contributed by atoms with E-state index in [1.165, 1.54) is 0 Å². The number of aliphatic hydroxyl groups is 1. The van der Waals surface area contributed by atoms with Gasteiger partial charge in [-0.25, -0.2) is 0 Å². The third-order valence-corrected chi connectivity index (χ3v) is 4.08. The van der Waals surface area contributed by atoms with Gasteiger partial charge in [0.05, 0.1) is 11.6 Å². The summed E-state index contributed by atoms with van der Waals surface area (Å²) in [7, 11) is 0. The van der Waals surface area contributed by atoms with Gasteiger partial charge in [0.15, 0.2) is 0 Å². The molecule has 0 amide bonds. The van der Waals surface area contributed by atoms with Crippen molar-refractivity contribution < 1.29 is 9.84 Å². The van der Waals surface area contributed by atoms with Gasteiger partial charge >= 0.3 is 0 Å². The molecule has 5 heteroatoms. The maximum Gasteiger partial charge on any atom is 0.138 e. The van der Waals surface area contributed by atoms with E-state index in [2.05, 4.69) is 15.7 Å². The van der Waals surface area contributed by atoms with Crippen molar-refractivity contribution in [3.63, 3.8) is 0 Å². The number of aliphatic hydroxyl groups excluding tert-OH is 1. The van der Waals surface area contributed by atoms with E-state index in [-0.39, 0.29) is 6.61 Å². The van der Waals surface area contributed by atoms with Gasteiger partial charge in [0.2, 0.25) is 0 Å². The van der Waals surface area contributed by atoms with Crippen LogP contribution in [-0.4, -0.2) is 66.9 Å². The molecule has 1 aliphatic heterocycles. The molecule has 0 bridgehead atoms. The number of halogens is 1. The van der Waals surface area contributed by atoms with Crippen molar-refractivity contribution in [3.05, 3.63) is 28.8 Å². The first-order chi connectivity index (χ1) is 10.6. The fourth-order valence-corrected chi connectivity index (χ4v) is 2.69. The highest BCUT2D eigenvalue weighted by Crippen LogP contribution is 2.25. The summed E-state index contributed by atoms with van der Waals surface area (Å²) in [5.74, 6) is 3.29. The average Bonchev–Trinajstić information content (AvgIpc) is 2.50. The maximum atomic E-state index is 10.1. The Hall–Kier alpha value is -1.25. The summed E-state index contributed by atoms with van der Waals surface area (Å²) in [6.07, 6.45) is 4.79.